The van der Waals surface area contributed by atoms with Crippen molar-refractivity contribution >= 4 is 49.6 Å². The van der Waals surface area contributed by atoms with Crippen molar-refractivity contribution in [3.8, 4) is 6.07 Å². The number of carbonyl (C=O) groups is 3. The second kappa shape index (κ2) is 12.5. The lowest BCUT2D eigenvalue weighted by molar-refractivity contribution is 0.109. The average molecular weight is 639 g/mol. The molecule has 3 N–H and O–H groups in total. The molecule has 1 aromatic rings. The molecule has 1 fully saturated rings. The van der Waals surface area contributed by atoms with E-state index in [2.05, 4.69) is 45.3 Å². The Labute approximate surface area is 261 Å². The van der Waals surface area contributed by atoms with Crippen molar-refractivity contribution in [1.82, 2.24) is 5.32 Å². The molecule has 0 aromatic heterocycles. The first-order chi connectivity index (χ1) is 19.4. The summed E-state index contributed by atoms with van der Waals surface area (Å²) in [6.45, 7) is 22.3. The van der Waals surface area contributed by atoms with Gasteiger partial charge in [-0.2, -0.15) is 10.2 Å². The molecule has 0 aliphatic carbocycles. The lowest BCUT2D eigenvalue weighted by Crippen LogP contribution is -2.59. The molecule has 0 spiro atoms. The summed E-state index contributed by atoms with van der Waals surface area (Å²) in [7, 11) is -1.07. The Bertz CT molecular complexity index is 1290. The minimum Gasteiger partial charge on any atom is -0.464 e. The van der Waals surface area contributed by atoms with E-state index in [1.165, 1.54) is 7.11 Å². The largest absolute Gasteiger partial charge is 0.464 e. The highest BCUT2D eigenvalue weighted by atomic mass is 35.5. The van der Waals surface area contributed by atoms with Crippen molar-refractivity contribution in [3.63, 3.8) is 0 Å². The predicted molar refractivity (Wildman–Crippen MR) is 170 cm³/mol. The van der Waals surface area contributed by atoms with E-state index in [-0.39, 0.29) is 38.3 Å². The van der Waals surface area contributed by atoms with E-state index >= 15 is 0 Å². The van der Waals surface area contributed by atoms with Crippen molar-refractivity contribution in [2.24, 2.45) is 0 Å². The summed E-state index contributed by atoms with van der Waals surface area (Å²) in [5.41, 5.74) is -0.399. The highest BCUT2D eigenvalue weighted by Crippen LogP contribution is 2.51. The van der Waals surface area contributed by atoms with E-state index in [0.717, 1.165) is 0 Å². The van der Waals surface area contributed by atoms with E-state index in [1.807, 2.05) is 25.7 Å². The number of hydrogen-bond acceptors (Lipinski definition) is 7. The van der Waals surface area contributed by atoms with Crippen molar-refractivity contribution in [1.29, 1.82) is 5.26 Å². The monoisotopic (exact) mass is 638 g/mol. The molecule has 43 heavy (non-hydrogen) atoms. The third-order valence-electron chi connectivity index (χ3n) is 8.22. The molecular formula is C30H47ClN4O7Si. The van der Waals surface area contributed by atoms with Crippen LogP contribution in [0.25, 0.3) is 0 Å². The highest BCUT2D eigenvalue weighted by Gasteiger charge is 2.45. The van der Waals surface area contributed by atoms with Crippen LogP contribution in [0.5, 0.6) is 0 Å². The molecule has 240 valence electrons. The summed E-state index contributed by atoms with van der Waals surface area (Å²) < 4.78 is 11.7. The van der Waals surface area contributed by atoms with Crippen molar-refractivity contribution < 1.29 is 33.8 Å². The maximum atomic E-state index is 12.3. The van der Waals surface area contributed by atoms with Gasteiger partial charge in [0.25, 0.3) is 0 Å². The summed E-state index contributed by atoms with van der Waals surface area (Å²) in [6, 6.07) is 1.88. The molecule has 1 aliphatic heterocycles. The van der Waals surface area contributed by atoms with Gasteiger partial charge in [-0.3, -0.25) is 0 Å². The van der Waals surface area contributed by atoms with E-state index in [1.54, 1.807) is 20.8 Å². The normalized spacial score (nSPS) is 18.1. The second-order valence-electron chi connectivity index (χ2n) is 14.5. The third kappa shape index (κ3) is 7.56. The van der Waals surface area contributed by atoms with E-state index in [0.29, 0.717) is 24.2 Å². The first-order valence-corrected chi connectivity index (χ1v) is 17.5. The highest BCUT2D eigenvalue weighted by molar-refractivity contribution is 6.74. The van der Waals surface area contributed by atoms with Crippen LogP contribution < -0.4 is 15.1 Å². The molecule has 0 unspecified atom stereocenters. The zero-order chi connectivity index (χ0) is 33.5. The number of carbonyl (C=O) groups excluding carboxylic acids is 1. The fraction of sp³-hybridized carbons (Fsp3) is 0.667. The number of nitrogens with one attached hydrogen (secondary N) is 1. The minimum atomic E-state index is -2.37. The number of amides is 3. The average Bonchev–Trinajstić information content (AvgIpc) is 2.82. The predicted octanol–water partition coefficient (Wildman–Crippen LogP) is 7.29. The number of nitrogens with zero attached hydrogens (tertiary/aromatic N) is 3. The Morgan fingerprint density at radius 1 is 1.02 bits per heavy atom. The summed E-state index contributed by atoms with van der Waals surface area (Å²) >= 11 is 7.13. The summed E-state index contributed by atoms with van der Waals surface area (Å²) in [4.78, 5) is 39.1. The van der Waals surface area contributed by atoms with E-state index in [9.17, 15) is 29.9 Å². The van der Waals surface area contributed by atoms with Gasteiger partial charge in [-0.05, 0) is 35.4 Å². The topological polar surface area (TPSA) is 152 Å². The maximum Gasteiger partial charge on any atom is 0.421 e. The molecular weight excluding hydrogens is 592 g/mol. The van der Waals surface area contributed by atoms with Gasteiger partial charge in [-0.1, -0.05) is 73.9 Å². The zero-order valence-electron chi connectivity index (χ0n) is 27.4. The van der Waals surface area contributed by atoms with Crippen LogP contribution in [0.3, 0.4) is 0 Å². The molecule has 0 bridgehead atoms. The molecule has 1 aromatic carbocycles. The van der Waals surface area contributed by atoms with Crippen molar-refractivity contribution in [3.05, 3.63) is 21.7 Å². The fourth-order valence-corrected chi connectivity index (χ4v) is 6.96. The SMILES string of the molecule is COC(=O)N[C@H]1CCN(c2c(Cl)c(N(C(=O)O)C(=O)O)c(C(C)(C)C)c(C#N)c2C(C)(C)C)C[C@@H]1O[Si](C)(C)C(C)(C)C. The fourth-order valence-electron chi connectivity index (χ4n) is 5.22. The Hall–Kier alpha value is -3.01. The number of nitriles is 1. The number of ether oxygens (including phenoxy) is 1. The van der Waals surface area contributed by atoms with Gasteiger partial charge in [-0.15, -0.1) is 0 Å². The van der Waals surface area contributed by atoms with Crippen LogP contribution in [0, 0.1) is 11.3 Å². The van der Waals surface area contributed by atoms with Crippen molar-refractivity contribution in [2.75, 3.05) is 30.0 Å². The minimum absolute atomic E-state index is 0.0795. The van der Waals surface area contributed by atoms with E-state index < -0.39 is 49.6 Å². The number of imide groups is 1. The van der Waals surface area contributed by atoms with Gasteiger partial charge in [0.2, 0.25) is 0 Å². The molecule has 1 heterocycles. The number of halogens is 1. The number of hydrogen-bond donors (Lipinski definition) is 3. The number of rotatable bonds is 5. The van der Waals surface area contributed by atoms with Crippen LogP contribution in [0.15, 0.2) is 0 Å². The van der Waals surface area contributed by atoms with Gasteiger partial charge in [0.1, 0.15) is 0 Å². The smallest absolute Gasteiger partial charge is 0.421 e. The lowest BCUT2D eigenvalue weighted by atomic mass is 9.74. The number of anilines is 2. The quantitative estimate of drug-likeness (QED) is 0.282. The van der Waals surface area contributed by atoms with Gasteiger partial charge in [0.05, 0.1) is 47.3 Å². The summed E-state index contributed by atoms with van der Waals surface area (Å²) in [6.07, 6.45) is -4.15. The molecule has 0 saturated carbocycles. The maximum absolute atomic E-state index is 12.3. The zero-order valence-corrected chi connectivity index (χ0v) is 29.2. The molecule has 2 atom stereocenters. The van der Waals surface area contributed by atoms with Crippen LogP contribution >= 0.6 is 11.6 Å². The number of methoxy groups -OCH3 is 1. The molecule has 3 amide bonds. The lowest BCUT2D eigenvalue weighted by Gasteiger charge is -2.47. The summed E-state index contributed by atoms with van der Waals surface area (Å²) in [5.74, 6) is 0. The Morgan fingerprint density at radius 2 is 1.53 bits per heavy atom. The number of benzene rings is 1. The number of carboxylic acid groups (broad SMARTS) is 2. The standard InChI is InChI=1S/C30H47ClN4O7Si/c1-28(2,3)20-17(15-32)21(29(4,5)6)24(35(26(37)38)27(39)40)22(31)23(20)34-14-13-18(33-25(36)41-10)19(16-34)42-43(11,12)30(7,8)9/h18-19H,13-14,16H2,1-12H3,(H,33,36)(H,37,38)(H,39,40)/t18-,19-/m0/s1. The van der Waals surface area contributed by atoms with Gasteiger partial charge in [-0.25, -0.2) is 14.4 Å². The Morgan fingerprint density at radius 3 is 1.93 bits per heavy atom. The number of alkyl carbamates (subject to hydrolysis) is 1. The van der Waals surface area contributed by atoms with Crippen LogP contribution in [0.4, 0.5) is 25.8 Å². The van der Waals surface area contributed by atoms with Crippen LogP contribution in [-0.2, 0) is 20.0 Å². The third-order valence-corrected chi connectivity index (χ3v) is 13.1. The molecule has 1 saturated heterocycles. The van der Waals surface area contributed by atoms with Gasteiger partial charge in [0, 0.05) is 24.2 Å². The molecule has 11 nitrogen and oxygen atoms in total. The number of piperidine rings is 1. The Kier molecular flexibility index (Phi) is 10.5. The second-order valence-corrected chi connectivity index (χ2v) is 19.7. The van der Waals surface area contributed by atoms with Crippen molar-refractivity contribution in [2.45, 2.75) is 110 Å². The first kappa shape index (κ1) is 36.2. The molecule has 0 radical (unpaired) electrons. The van der Waals surface area contributed by atoms with Crippen LogP contribution in [0.1, 0.15) is 85.4 Å². The van der Waals surface area contributed by atoms with Crippen LogP contribution in [0.2, 0.25) is 23.2 Å². The molecule has 13 heteroatoms. The van der Waals surface area contributed by atoms with Crippen LogP contribution in [-0.4, -0.2) is 69.2 Å². The van der Waals surface area contributed by atoms with Gasteiger partial charge < -0.3 is 29.6 Å². The van der Waals surface area contributed by atoms with Gasteiger partial charge in [0.15, 0.2) is 8.32 Å². The van der Waals surface area contributed by atoms with E-state index in [4.69, 9.17) is 20.8 Å². The Balaban J connectivity index is 2.99. The first-order valence-electron chi connectivity index (χ1n) is 14.2. The molecule has 1 aliphatic rings. The molecule has 2 rings (SSSR count). The summed E-state index contributed by atoms with van der Waals surface area (Å²) in [5, 5.41) is 33.3. The van der Waals surface area contributed by atoms with Gasteiger partial charge >= 0.3 is 18.3 Å².